The smallest absolute Gasteiger partial charge is 0.185 e. The molecule has 1 heterocycles. The van der Waals surface area contributed by atoms with Gasteiger partial charge in [-0.15, -0.1) is 0 Å². The molecule has 0 saturated carbocycles. The first-order chi connectivity index (χ1) is 10.2. The first-order valence-corrected chi connectivity index (χ1v) is 8.50. The second-order valence-corrected chi connectivity index (χ2v) is 6.90. The van der Waals surface area contributed by atoms with Crippen LogP contribution in [0.25, 0.3) is 0 Å². The fraction of sp³-hybridized carbons (Fsp3) is 0.438. The van der Waals surface area contributed by atoms with Crippen molar-refractivity contribution in [1.82, 2.24) is 10.3 Å². The van der Waals surface area contributed by atoms with E-state index in [1.807, 2.05) is 36.6 Å². The Balaban J connectivity index is 1.81. The van der Waals surface area contributed by atoms with Crippen LogP contribution in [0.4, 0.5) is 5.13 Å². The molecule has 1 aliphatic rings. The highest BCUT2D eigenvalue weighted by Crippen LogP contribution is 2.37. The van der Waals surface area contributed by atoms with Crippen molar-refractivity contribution in [2.75, 3.05) is 19.0 Å². The molecular formula is C16H20ClN3S. The number of nitrogens with one attached hydrogen (secondary N) is 1. The van der Waals surface area contributed by atoms with Crippen LogP contribution in [-0.2, 0) is 13.0 Å². The van der Waals surface area contributed by atoms with Crippen LogP contribution in [-0.4, -0.2) is 19.1 Å². The third kappa shape index (κ3) is 3.07. The molecular weight excluding hydrogens is 302 g/mol. The van der Waals surface area contributed by atoms with Crippen LogP contribution in [0.2, 0.25) is 5.02 Å². The fourth-order valence-electron chi connectivity index (χ4n) is 2.80. The zero-order valence-electron chi connectivity index (χ0n) is 12.4. The third-order valence-electron chi connectivity index (χ3n) is 3.98. The summed E-state index contributed by atoms with van der Waals surface area (Å²) in [6.45, 7) is 0.788. The van der Waals surface area contributed by atoms with Crippen LogP contribution in [0.1, 0.15) is 35.0 Å². The topological polar surface area (TPSA) is 28.2 Å². The molecule has 1 atom stereocenters. The maximum Gasteiger partial charge on any atom is 0.185 e. The Labute approximate surface area is 135 Å². The predicted molar refractivity (Wildman–Crippen MR) is 90.4 cm³/mol. The van der Waals surface area contributed by atoms with Crippen molar-refractivity contribution in [3.8, 4) is 0 Å². The van der Waals surface area contributed by atoms with E-state index in [2.05, 4.69) is 23.3 Å². The summed E-state index contributed by atoms with van der Waals surface area (Å²) in [7, 11) is 4.12. The molecule has 0 bridgehead atoms. The average molecular weight is 322 g/mol. The normalized spacial score (nSPS) is 17.6. The molecule has 0 radical (unpaired) electrons. The number of nitrogens with zero attached hydrogens (tertiary/aromatic N) is 2. The van der Waals surface area contributed by atoms with Gasteiger partial charge >= 0.3 is 0 Å². The van der Waals surface area contributed by atoms with Gasteiger partial charge in [-0.25, -0.2) is 4.98 Å². The summed E-state index contributed by atoms with van der Waals surface area (Å²) >= 11 is 8.06. The molecule has 0 saturated heterocycles. The van der Waals surface area contributed by atoms with Gasteiger partial charge in [0.15, 0.2) is 5.13 Å². The number of hydrogen-bond acceptors (Lipinski definition) is 4. The van der Waals surface area contributed by atoms with Gasteiger partial charge in [0.05, 0.1) is 5.69 Å². The lowest BCUT2D eigenvalue weighted by Crippen LogP contribution is -2.19. The lowest BCUT2D eigenvalue weighted by Gasteiger charge is -2.19. The zero-order valence-corrected chi connectivity index (χ0v) is 14.0. The second-order valence-electron chi connectivity index (χ2n) is 5.49. The largest absolute Gasteiger partial charge is 0.347 e. The summed E-state index contributed by atoms with van der Waals surface area (Å²) in [5.41, 5.74) is 2.41. The molecule has 1 aromatic heterocycles. The van der Waals surface area contributed by atoms with Crippen LogP contribution in [0.5, 0.6) is 0 Å². The van der Waals surface area contributed by atoms with E-state index < -0.39 is 0 Å². The maximum absolute atomic E-state index is 6.25. The number of benzene rings is 1. The highest BCUT2D eigenvalue weighted by molar-refractivity contribution is 7.15. The molecule has 1 aromatic carbocycles. The van der Waals surface area contributed by atoms with Gasteiger partial charge in [0.1, 0.15) is 0 Å². The van der Waals surface area contributed by atoms with E-state index in [4.69, 9.17) is 16.6 Å². The van der Waals surface area contributed by atoms with E-state index in [1.165, 1.54) is 23.4 Å². The highest BCUT2D eigenvalue weighted by atomic mass is 35.5. The van der Waals surface area contributed by atoms with Crippen molar-refractivity contribution in [3.05, 3.63) is 45.4 Å². The quantitative estimate of drug-likeness (QED) is 0.921. The van der Waals surface area contributed by atoms with Crippen LogP contribution in [0.3, 0.4) is 0 Å². The number of halogens is 1. The van der Waals surface area contributed by atoms with E-state index in [9.17, 15) is 0 Å². The van der Waals surface area contributed by atoms with E-state index in [1.54, 1.807) is 0 Å². The lowest BCUT2D eigenvalue weighted by atomic mass is 9.98. The van der Waals surface area contributed by atoms with Gasteiger partial charge in [0.2, 0.25) is 0 Å². The van der Waals surface area contributed by atoms with Gasteiger partial charge in [-0.3, -0.25) is 0 Å². The third-order valence-corrected chi connectivity index (χ3v) is 5.67. The van der Waals surface area contributed by atoms with E-state index in [-0.39, 0.29) is 0 Å². The summed E-state index contributed by atoms with van der Waals surface area (Å²) in [5, 5.41) is 5.31. The van der Waals surface area contributed by atoms with Crippen molar-refractivity contribution in [1.29, 1.82) is 0 Å². The molecule has 2 aromatic rings. The summed E-state index contributed by atoms with van der Waals surface area (Å²) in [4.78, 5) is 8.43. The van der Waals surface area contributed by atoms with Crippen molar-refractivity contribution >= 4 is 28.1 Å². The molecule has 112 valence electrons. The van der Waals surface area contributed by atoms with Gasteiger partial charge in [-0.05, 0) is 37.9 Å². The minimum absolute atomic E-state index is 0.466. The summed E-state index contributed by atoms with van der Waals surface area (Å²) < 4.78 is 0. The molecule has 3 nitrogen and oxygen atoms in total. The summed E-state index contributed by atoms with van der Waals surface area (Å²) in [6.07, 6.45) is 3.53. The minimum Gasteiger partial charge on any atom is -0.347 e. The molecule has 0 amide bonds. The molecule has 0 aliphatic heterocycles. The SMILES string of the molecule is CNC1CCCc2nc(N(C)Cc3ccccc3Cl)sc21. The van der Waals surface area contributed by atoms with Gasteiger partial charge in [-0.2, -0.15) is 0 Å². The van der Waals surface area contributed by atoms with Gasteiger partial charge in [0.25, 0.3) is 0 Å². The summed E-state index contributed by atoms with van der Waals surface area (Å²) in [6, 6.07) is 8.47. The molecule has 0 spiro atoms. The van der Waals surface area contributed by atoms with Crippen molar-refractivity contribution in [3.63, 3.8) is 0 Å². The van der Waals surface area contributed by atoms with Crippen molar-refractivity contribution < 1.29 is 0 Å². The highest BCUT2D eigenvalue weighted by Gasteiger charge is 2.24. The molecule has 5 heteroatoms. The van der Waals surface area contributed by atoms with Crippen LogP contribution in [0, 0.1) is 0 Å². The van der Waals surface area contributed by atoms with Crippen LogP contribution >= 0.6 is 22.9 Å². The van der Waals surface area contributed by atoms with E-state index in [0.717, 1.165) is 28.7 Å². The summed E-state index contributed by atoms with van der Waals surface area (Å²) in [5.74, 6) is 0. The Kier molecular flexibility index (Phi) is 4.48. The molecule has 21 heavy (non-hydrogen) atoms. The van der Waals surface area contributed by atoms with Gasteiger partial charge < -0.3 is 10.2 Å². The number of rotatable bonds is 4. The fourth-order valence-corrected chi connectivity index (χ4v) is 4.21. The first-order valence-electron chi connectivity index (χ1n) is 7.30. The van der Waals surface area contributed by atoms with Crippen LogP contribution in [0.15, 0.2) is 24.3 Å². The van der Waals surface area contributed by atoms with Gasteiger partial charge in [0, 0.05) is 29.5 Å². The lowest BCUT2D eigenvalue weighted by molar-refractivity contribution is 0.501. The van der Waals surface area contributed by atoms with Crippen LogP contribution < -0.4 is 10.2 Å². The van der Waals surface area contributed by atoms with Crippen molar-refractivity contribution in [2.45, 2.75) is 31.8 Å². The second kappa shape index (κ2) is 6.34. The monoisotopic (exact) mass is 321 g/mol. The Hall–Kier alpha value is -1.10. The molecule has 3 rings (SSSR count). The molecule has 0 fully saturated rings. The Bertz CT molecular complexity index is 626. The Morgan fingerprint density at radius 1 is 1.43 bits per heavy atom. The standard InChI is InChI=1S/C16H20ClN3S/c1-18-13-8-5-9-14-15(13)21-16(19-14)20(2)10-11-6-3-4-7-12(11)17/h3-4,6-7,13,18H,5,8-10H2,1-2H3. The number of fused-ring (bicyclic) bond motifs is 1. The Morgan fingerprint density at radius 2 is 2.24 bits per heavy atom. The number of anilines is 1. The molecule has 1 N–H and O–H groups in total. The number of aryl methyl sites for hydroxylation is 1. The predicted octanol–water partition coefficient (Wildman–Crippen LogP) is 4.03. The molecule has 1 aliphatic carbocycles. The average Bonchev–Trinajstić information content (AvgIpc) is 2.93. The zero-order chi connectivity index (χ0) is 14.8. The number of thiazole rings is 1. The van der Waals surface area contributed by atoms with E-state index in [0.29, 0.717) is 6.04 Å². The Morgan fingerprint density at radius 3 is 3.00 bits per heavy atom. The van der Waals surface area contributed by atoms with E-state index >= 15 is 0 Å². The minimum atomic E-state index is 0.466. The number of aromatic nitrogens is 1. The first kappa shape index (κ1) is 14.8. The van der Waals surface area contributed by atoms with Gasteiger partial charge in [-0.1, -0.05) is 41.1 Å². The maximum atomic E-state index is 6.25. The number of hydrogen-bond donors (Lipinski definition) is 1. The van der Waals surface area contributed by atoms with Crippen molar-refractivity contribution in [2.24, 2.45) is 0 Å². The molecule has 1 unspecified atom stereocenters.